The van der Waals surface area contributed by atoms with Crippen LogP contribution in [0.1, 0.15) is 106 Å². The van der Waals surface area contributed by atoms with Gasteiger partial charge in [0.25, 0.3) is 0 Å². The summed E-state index contributed by atoms with van der Waals surface area (Å²) in [5, 5.41) is 15.1. The third-order valence-corrected chi connectivity index (χ3v) is 8.57. The highest BCUT2D eigenvalue weighted by atomic mass is 16.4. The van der Waals surface area contributed by atoms with E-state index >= 15 is 0 Å². The Bertz CT molecular complexity index is 1610. The molecule has 1 aromatic carbocycles. The number of aromatic nitrogens is 4. The molecule has 5 rings (SSSR count). The van der Waals surface area contributed by atoms with E-state index in [0.29, 0.717) is 12.4 Å². The molecule has 3 atom stereocenters. The van der Waals surface area contributed by atoms with E-state index in [1.165, 1.54) is 5.56 Å². The van der Waals surface area contributed by atoms with Crippen LogP contribution in [0.4, 0.5) is 4.79 Å². The van der Waals surface area contributed by atoms with E-state index in [9.17, 15) is 14.7 Å². The maximum atomic E-state index is 13.4. The van der Waals surface area contributed by atoms with Gasteiger partial charge in [0.05, 0.1) is 30.2 Å². The van der Waals surface area contributed by atoms with Crippen LogP contribution < -0.4 is 10.6 Å². The molecule has 2 fully saturated rings. The average molecular weight is 610 g/mol. The number of rotatable bonds is 10. The Morgan fingerprint density at radius 1 is 1.07 bits per heavy atom. The number of carboxylic acid groups (broad SMARTS) is 1. The first-order chi connectivity index (χ1) is 21.8. The molecule has 3 aromatic rings. The Hall–Kier alpha value is -4.54. The highest BCUT2D eigenvalue weighted by Gasteiger charge is 2.37. The lowest BCUT2D eigenvalue weighted by Crippen LogP contribution is -2.50. The Kier molecular flexibility index (Phi) is 10.6. The van der Waals surface area contributed by atoms with E-state index in [4.69, 9.17) is 0 Å². The minimum atomic E-state index is -1.20. The van der Waals surface area contributed by atoms with Gasteiger partial charge in [-0.3, -0.25) is 4.79 Å². The quantitative estimate of drug-likeness (QED) is 0.156. The number of nitrogens with zero attached hydrogens (tertiary/aromatic N) is 3. The first-order valence-electron chi connectivity index (χ1n) is 16.1. The number of aryl methyl sites for hydroxylation is 1. The van der Waals surface area contributed by atoms with Gasteiger partial charge in [-0.25, -0.2) is 14.8 Å². The lowest BCUT2D eigenvalue weighted by atomic mass is 9.98. The smallest absolute Gasteiger partial charge is 0.405 e. The topological polar surface area (TPSA) is 139 Å². The lowest BCUT2D eigenvalue weighted by molar-refractivity contribution is -0.135. The van der Waals surface area contributed by atoms with Gasteiger partial charge < -0.3 is 30.6 Å². The van der Waals surface area contributed by atoms with Crippen LogP contribution in [-0.2, 0) is 11.2 Å². The number of carbonyl (C=O) groups excluding carboxylic acids is 1. The van der Waals surface area contributed by atoms with Crippen molar-refractivity contribution < 1.29 is 14.7 Å². The molecule has 4 heterocycles. The lowest BCUT2D eigenvalue weighted by Gasteiger charge is -2.29. The van der Waals surface area contributed by atoms with Crippen LogP contribution in [0.5, 0.6) is 0 Å². The molecule has 2 aromatic heterocycles. The molecule has 2 aliphatic rings. The molecule has 236 valence electrons. The summed E-state index contributed by atoms with van der Waals surface area (Å²) in [6.45, 7) is 7.47. The fourth-order valence-electron chi connectivity index (χ4n) is 6.14. The molecule has 0 aliphatic carbocycles. The minimum Gasteiger partial charge on any atom is -0.465 e. The predicted molar refractivity (Wildman–Crippen MR) is 173 cm³/mol. The summed E-state index contributed by atoms with van der Waals surface area (Å²) in [7, 11) is 0. The van der Waals surface area contributed by atoms with E-state index in [1.807, 2.05) is 32.2 Å². The number of hydrogen-bond acceptors (Lipinski definition) is 5. The number of carbonyl (C=O) groups is 2. The maximum absolute atomic E-state index is 13.4. The molecule has 0 radical (unpaired) electrons. The first kappa shape index (κ1) is 31.9. The fourth-order valence-corrected chi connectivity index (χ4v) is 6.14. The monoisotopic (exact) mass is 609 g/mol. The molecule has 0 bridgehead atoms. The van der Waals surface area contributed by atoms with Crippen molar-refractivity contribution in [3.05, 3.63) is 59.1 Å². The molecule has 0 saturated carbocycles. The van der Waals surface area contributed by atoms with Crippen molar-refractivity contribution in [2.45, 2.75) is 90.3 Å². The summed E-state index contributed by atoms with van der Waals surface area (Å²) in [6.07, 6.45) is 10.5. The van der Waals surface area contributed by atoms with Crippen LogP contribution in [0.2, 0.25) is 0 Å². The van der Waals surface area contributed by atoms with Gasteiger partial charge in [-0.1, -0.05) is 45.6 Å². The summed E-state index contributed by atoms with van der Waals surface area (Å²) in [4.78, 5) is 42.4. The molecule has 5 N–H and O–H groups in total. The van der Waals surface area contributed by atoms with Crippen LogP contribution in [0.3, 0.4) is 0 Å². The second-order valence-corrected chi connectivity index (χ2v) is 12.2. The highest BCUT2D eigenvalue weighted by molar-refractivity contribution is 5.86. The SMILES string of the molecule is CCCCCc1cc(-c2cnc([C@@H]3CCCN3C(=O)[C@@H](NC(=O)O)C(C)C)[nH]2)ccc1C#CC#Cc1cnc([C@@H]2CCCN2)[nH]1. The van der Waals surface area contributed by atoms with Gasteiger partial charge in [-0.15, -0.1) is 0 Å². The molecule has 0 spiro atoms. The Labute approximate surface area is 265 Å². The van der Waals surface area contributed by atoms with E-state index < -0.39 is 12.1 Å². The summed E-state index contributed by atoms with van der Waals surface area (Å²) >= 11 is 0. The first-order valence-corrected chi connectivity index (χ1v) is 16.1. The molecule has 2 amide bonds. The van der Waals surface area contributed by atoms with Crippen molar-refractivity contribution in [1.29, 1.82) is 0 Å². The van der Waals surface area contributed by atoms with Crippen LogP contribution in [0, 0.1) is 29.6 Å². The number of hydrogen-bond donors (Lipinski definition) is 5. The number of H-pyrrole nitrogens is 2. The van der Waals surface area contributed by atoms with Crippen LogP contribution in [-0.4, -0.2) is 61.1 Å². The van der Waals surface area contributed by atoms with Crippen molar-refractivity contribution in [2.24, 2.45) is 5.92 Å². The van der Waals surface area contributed by atoms with Crippen molar-refractivity contribution in [2.75, 3.05) is 13.1 Å². The normalized spacial score (nSPS) is 18.3. The molecule has 2 aliphatic heterocycles. The van der Waals surface area contributed by atoms with E-state index in [2.05, 4.69) is 67.2 Å². The summed E-state index contributed by atoms with van der Waals surface area (Å²) in [5.74, 6) is 13.6. The van der Waals surface area contributed by atoms with Crippen molar-refractivity contribution in [3.63, 3.8) is 0 Å². The van der Waals surface area contributed by atoms with Gasteiger partial charge in [0.2, 0.25) is 5.91 Å². The van der Waals surface area contributed by atoms with Crippen LogP contribution in [0.25, 0.3) is 11.3 Å². The van der Waals surface area contributed by atoms with E-state index in [1.54, 1.807) is 11.1 Å². The number of unbranched alkanes of at least 4 members (excludes halogenated alkanes) is 2. The minimum absolute atomic E-state index is 0.168. The average Bonchev–Trinajstić information content (AvgIpc) is 3.85. The van der Waals surface area contributed by atoms with Gasteiger partial charge >= 0.3 is 6.09 Å². The third-order valence-electron chi connectivity index (χ3n) is 8.57. The number of aromatic amines is 2. The summed E-state index contributed by atoms with van der Waals surface area (Å²) < 4.78 is 0. The number of amides is 2. The van der Waals surface area contributed by atoms with E-state index in [0.717, 1.165) is 86.3 Å². The van der Waals surface area contributed by atoms with Crippen LogP contribution in [0.15, 0.2) is 30.6 Å². The number of benzene rings is 1. The zero-order valence-corrected chi connectivity index (χ0v) is 26.4. The molecule has 10 heteroatoms. The van der Waals surface area contributed by atoms with Gasteiger partial charge in [-0.2, -0.15) is 0 Å². The Balaban J connectivity index is 1.33. The Morgan fingerprint density at radius 3 is 2.64 bits per heavy atom. The van der Waals surface area contributed by atoms with Gasteiger partial charge in [0.15, 0.2) is 0 Å². The van der Waals surface area contributed by atoms with Crippen LogP contribution >= 0.6 is 0 Å². The summed E-state index contributed by atoms with van der Waals surface area (Å²) in [5.41, 5.74) is 4.77. The molecule has 45 heavy (non-hydrogen) atoms. The number of likely N-dealkylation sites (tertiary alicyclic amines) is 1. The number of nitrogens with one attached hydrogen (secondary N) is 4. The highest BCUT2D eigenvalue weighted by Crippen LogP contribution is 2.33. The second-order valence-electron chi connectivity index (χ2n) is 12.2. The standard InChI is InChI=1S/C35H43N7O3/c1-4-5-6-12-25-20-26(17-16-24(25)11-7-8-13-27-21-37-32(39-27)28-14-9-18-36-28)29-22-38-33(40-29)30-15-10-19-42(30)34(43)31(23(2)3)41-35(44)45/h16-17,20-23,28,30-31,36,41H,4-6,9-10,12,14-15,18-19H2,1-3H3,(H,37,39)(H,38,40)(H,44,45)/t28-,30-,31-/m0/s1. The molecular formula is C35H43N7O3. The molecule has 0 unspecified atom stereocenters. The zero-order chi connectivity index (χ0) is 31.8. The van der Waals surface area contributed by atoms with Crippen molar-refractivity contribution >= 4 is 12.0 Å². The summed E-state index contributed by atoms with van der Waals surface area (Å²) in [6, 6.07) is 5.51. The van der Waals surface area contributed by atoms with Gasteiger partial charge in [0, 0.05) is 12.1 Å². The zero-order valence-electron chi connectivity index (χ0n) is 26.4. The molecular weight excluding hydrogens is 566 g/mol. The van der Waals surface area contributed by atoms with Crippen molar-refractivity contribution in [1.82, 2.24) is 35.5 Å². The second kappa shape index (κ2) is 15.0. The maximum Gasteiger partial charge on any atom is 0.405 e. The molecule has 10 nitrogen and oxygen atoms in total. The van der Waals surface area contributed by atoms with E-state index in [-0.39, 0.29) is 23.9 Å². The van der Waals surface area contributed by atoms with Crippen molar-refractivity contribution in [3.8, 4) is 34.9 Å². The largest absolute Gasteiger partial charge is 0.465 e. The predicted octanol–water partition coefficient (Wildman–Crippen LogP) is 5.32. The van der Waals surface area contributed by atoms with Gasteiger partial charge in [-0.05, 0) is 92.0 Å². The fraction of sp³-hybridized carbons (Fsp3) is 0.486. The third kappa shape index (κ3) is 7.95. The molecule has 2 saturated heterocycles. The van der Waals surface area contributed by atoms with Gasteiger partial charge in [0.1, 0.15) is 23.4 Å². The number of imidazole rings is 2. The Morgan fingerprint density at radius 2 is 1.89 bits per heavy atom.